The van der Waals surface area contributed by atoms with Crippen molar-refractivity contribution in [3.63, 3.8) is 0 Å². The Morgan fingerprint density at radius 3 is 2.66 bits per heavy atom. The molecule has 2 aliphatic heterocycles. The molecule has 35 heavy (non-hydrogen) atoms. The molecule has 1 fully saturated rings. The maximum absolute atomic E-state index is 11.2. The zero-order chi connectivity index (χ0) is 24.2. The molecule has 3 heterocycles. The average molecular weight is 478 g/mol. The molecule has 1 saturated heterocycles. The van der Waals surface area contributed by atoms with Crippen LogP contribution in [0.5, 0.6) is 17.4 Å². The van der Waals surface area contributed by atoms with E-state index in [9.17, 15) is 10.1 Å². The predicted octanol–water partition coefficient (Wildman–Crippen LogP) is 3.58. The number of anilines is 1. The standard InChI is InChI=1S/C25H27N5O5/c1-33-20-6-3-7-21(15-20)35-24-22-17-28(16-18-4-2-5-19(14-18)30(31)32)9-8-23(22)26-25(27-24)29-10-12-34-13-11-29/h2-7,14-15H,8-13,16-17H2,1H3. The summed E-state index contributed by atoms with van der Waals surface area (Å²) in [6, 6.07) is 14.2. The zero-order valence-electron chi connectivity index (χ0n) is 19.6. The molecule has 0 bridgehead atoms. The lowest BCUT2D eigenvalue weighted by atomic mass is 10.1. The highest BCUT2D eigenvalue weighted by molar-refractivity contribution is 5.45. The summed E-state index contributed by atoms with van der Waals surface area (Å²) in [5, 5.41) is 11.2. The first-order valence-electron chi connectivity index (χ1n) is 11.6. The maximum atomic E-state index is 11.2. The molecule has 0 N–H and O–H groups in total. The molecular weight excluding hydrogens is 450 g/mol. The summed E-state index contributed by atoms with van der Waals surface area (Å²) in [5.74, 6) is 2.51. The molecule has 1 aromatic heterocycles. The molecule has 0 unspecified atom stereocenters. The number of aromatic nitrogens is 2. The van der Waals surface area contributed by atoms with Crippen LogP contribution in [0, 0.1) is 10.1 Å². The van der Waals surface area contributed by atoms with Gasteiger partial charge < -0.3 is 19.1 Å². The van der Waals surface area contributed by atoms with E-state index in [0.717, 1.165) is 42.9 Å². The van der Waals surface area contributed by atoms with Crippen LogP contribution < -0.4 is 14.4 Å². The second-order valence-electron chi connectivity index (χ2n) is 8.52. The SMILES string of the molecule is COc1cccc(Oc2nc(N3CCOCC3)nc3c2CN(Cc2cccc([N+](=O)[O-])c2)CC3)c1. The van der Waals surface area contributed by atoms with Crippen LogP contribution in [0.25, 0.3) is 0 Å². The van der Waals surface area contributed by atoms with Gasteiger partial charge in [-0.25, -0.2) is 4.98 Å². The summed E-state index contributed by atoms with van der Waals surface area (Å²) in [4.78, 5) is 24.9. The summed E-state index contributed by atoms with van der Waals surface area (Å²) in [5.41, 5.74) is 2.89. The number of ether oxygens (including phenoxy) is 3. The van der Waals surface area contributed by atoms with Gasteiger partial charge in [0.15, 0.2) is 0 Å². The molecular formula is C25H27N5O5. The third kappa shape index (κ3) is 5.33. The molecule has 0 amide bonds. The topological polar surface area (TPSA) is 103 Å². The van der Waals surface area contributed by atoms with Gasteiger partial charge in [-0.15, -0.1) is 0 Å². The lowest BCUT2D eigenvalue weighted by molar-refractivity contribution is -0.384. The van der Waals surface area contributed by atoms with Crippen molar-refractivity contribution in [1.29, 1.82) is 0 Å². The third-order valence-corrected chi connectivity index (χ3v) is 6.17. The van der Waals surface area contributed by atoms with Crippen molar-refractivity contribution in [1.82, 2.24) is 14.9 Å². The number of nitro groups is 1. The minimum Gasteiger partial charge on any atom is -0.497 e. The van der Waals surface area contributed by atoms with Crippen LogP contribution in [0.2, 0.25) is 0 Å². The normalized spacial score (nSPS) is 16.0. The number of rotatable bonds is 7. The molecule has 2 aliphatic rings. The fourth-order valence-corrected chi connectivity index (χ4v) is 4.35. The number of hydrogen-bond donors (Lipinski definition) is 0. The molecule has 182 valence electrons. The summed E-state index contributed by atoms with van der Waals surface area (Å²) < 4.78 is 17.1. The second-order valence-corrected chi connectivity index (χ2v) is 8.52. The predicted molar refractivity (Wildman–Crippen MR) is 129 cm³/mol. The summed E-state index contributed by atoms with van der Waals surface area (Å²) in [7, 11) is 1.62. The first kappa shape index (κ1) is 23.0. The molecule has 0 radical (unpaired) electrons. The van der Waals surface area contributed by atoms with E-state index < -0.39 is 0 Å². The van der Waals surface area contributed by atoms with E-state index in [1.807, 2.05) is 30.3 Å². The van der Waals surface area contributed by atoms with Crippen LogP contribution in [0.1, 0.15) is 16.8 Å². The van der Waals surface area contributed by atoms with Gasteiger partial charge in [-0.3, -0.25) is 15.0 Å². The number of hydrogen-bond acceptors (Lipinski definition) is 9. The minimum absolute atomic E-state index is 0.0976. The second kappa shape index (κ2) is 10.2. The molecule has 10 heteroatoms. The highest BCUT2D eigenvalue weighted by atomic mass is 16.6. The van der Waals surface area contributed by atoms with Crippen LogP contribution in [0.4, 0.5) is 11.6 Å². The van der Waals surface area contributed by atoms with E-state index in [1.54, 1.807) is 19.2 Å². The Balaban J connectivity index is 1.44. The van der Waals surface area contributed by atoms with Gasteiger partial charge in [0.05, 0.1) is 36.5 Å². The smallest absolute Gasteiger partial charge is 0.269 e. The van der Waals surface area contributed by atoms with Gasteiger partial charge in [0, 0.05) is 57.3 Å². The van der Waals surface area contributed by atoms with E-state index in [1.165, 1.54) is 6.07 Å². The number of morpholine rings is 1. The van der Waals surface area contributed by atoms with Crippen molar-refractivity contribution >= 4 is 11.6 Å². The first-order valence-corrected chi connectivity index (χ1v) is 11.6. The fourth-order valence-electron chi connectivity index (χ4n) is 4.35. The Morgan fingerprint density at radius 1 is 1.06 bits per heavy atom. The Morgan fingerprint density at radius 2 is 1.86 bits per heavy atom. The lowest BCUT2D eigenvalue weighted by Crippen LogP contribution is -2.38. The van der Waals surface area contributed by atoms with E-state index in [4.69, 9.17) is 24.2 Å². The van der Waals surface area contributed by atoms with Gasteiger partial charge in [-0.05, 0) is 17.7 Å². The molecule has 2 aromatic carbocycles. The zero-order valence-corrected chi connectivity index (χ0v) is 19.6. The monoisotopic (exact) mass is 477 g/mol. The Hall–Kier alpha value is -3.76. The van der Waals surface area contributed by atoms with Gasteiger partial charge in [0.1, 0.15) is 11.5 Å². The average Bonchev–Trinajstić information content (AvgIpc) is 2.89. The summed E-state index contributed by atoms with van der Waals surface area (Å²) in [6.45, 7) is 4.71. The lowest BCUT2D eigenvalue weighted by Gasteiger charge is -2.31. The summed E-state index contributed by atoms with van der Waals surface area (Å²) >= 11 is 0. The van der Waals surface area contributed by atoms with Crippen LogP contribution in [0.15, 0.2) is 48.5 Å². The Labute approximate surface area is 203 Å². The van der Waals surface area contributed by atoms with Crippen molar-refractivity contribution < 1.29 is 19.1 Å². The molecule has 0 aliphatic carbocycles. The minimum atomic E-state index is -0.365. The van der Waals surface area contributed by atoms with E-state index in [0.29, 0.717) is 49.6 Å². The number of methoxy groups -OCH3 is 1. The third-order valence-electron chi connectivity index (χ3n) is 6.17. The van der Waals surface area contributed by atoms with Crippen LogP contribution in [-0.2, 0) is 24.2 Å². The highest BCUT2D eigenvalue weighted by Gasteiger charge is 2.26. The quantitative estimate of drug-likeness (QED) is 0.373. The summed E-state index contributed by atoms with van der Waals surface area (Å²) in [6.07, 6.45) is 0.735. The Kier molecular flexibility index (Phi) is 6.73. The molecule has 0 spiro atoms. The van der Waals surface area contributed by atoms with Gasteiger partial charge in [0.2, 0.25) is 11.8 Å². The molecule has 0 atom stereocenters. The Bertz CT molecular complexity index is 1210. The maximum Gasteiger partial charge on any atom is 0.269 e. The van der Waals surface area contributed by atoms with Gasteiger partial charge >= 0.3 is 0 Å². The van der Waals surface area contributed by atoms with Crippen molar-refractivity contribution in [2.24, 2.45) is 0 Å². The first-order chi connectivity index (χ1) is 17.1. The van der Waals surface area contributed by atoms with Crippen molar-refractivity contribution in [2.75, 3.05) is 44.9 Å². The number of non-ortho nitro benzene ring substituents is 1. The van der Waals surface area contributed by atoms with Crippen molar-refractivity contribution in [2.45, 2.75) is 19.5 Å². The molecule has 0 saturated carbocycles. The van der Waals surface area contributed by atoms with Crippen LogP contribution in [-0.4, -0.2) is 59.7 Å². The number of nitro benzene ring substituents is 1. The van der Waals surface area contributed by atoms with Crippen molar-refractivity contribution in [3.05, 3.63) is 75.5 Å². The molecule has 10 nitrogen and oxygen atoms in total. The van der Waals surface area contributed by atoms with E-state index in [-0.39, 0.29) is 10.6 Å². The highest BCUT2D eigenvalue weighted by Crippen LogP contribution is 2.33. The van der Waals surface area contributed by atoms with E-state index >= 15 is 0 Å². The number of fused-ring (bicyclic) bond motifs is 1. The molecule has 3 aromatic rings. The van der Waals surface area contributed by atoms with Gasteiger partial charge in [0.25, 0.3) is 5.69 Å². The molecule has 5 rings (SSSR count). The fraction of sp³-hybridized carbons (Fsp3) is 0.360. The van der Waals surface area contributed by atoms with Crippen LogP contribution >= 0.6 is 0 Å². The largest absolute Gasteiger partial charge is 0.497 e. The van der Waals surface area contributed by atoms with Gasteiger partial charge in [-0.2, -0.15) is 4.98 Å². The van der Waals surface area contributed by atoms with Gasteiger partial charge in [-0.1, -0.05) is 18.2 Å². The number of nitrogens with zero attached hydrogens (tertiary/aromatic N) is 5. The van der Waals surface area contributed by atoms with Crippen LogP contribution in [0.3, 0.4) is 0 Å². The van der Waals surface area contributed by atoms with Crippen molar-refractivity contribution in [3.8, 4) is 17.4 Å². The number of benzene rings is 2. The van der Waals surface area contributed by atoms with E-state index in [2.05, 4.69) is 9.80 Å².